The molecule has 0 bridgehead atoms. The predicted molar refractivity (Wildman–Crippen MR) is 83.1 cm³/mol. The molecule has 8 heteroatoms. The molecule has 1 aliphatic carbocycles. The topological polar surface area (TPSA) is 43.4 Å². The van der Waals surface area contributed by atoms with E-state index in [2.05, 4.69) is 0 Å². The zero-order valence-corrected chi connectivity index (χ0v) is 13.8. The smallest absolute Gasteiger partial charge is 0.341 e. The van der Waals surface area contributed by atoms with E-state index < -0.39 is 21.4 Å². The van der Waals surface area contributed by atoms with Gasteiger partial charge in [0.1, 0.15) is 17.3 Å². The van der Waals surface area contributed by atoms with Crippen LogP contribution >= 0.6 is 11.6 Å². The summed E-state index contributed by atoms with van der Waals surface area (Å²) in [7, 11) is -4.68. The van der Waals surface area contributed by atoms with Gasteiger partial charge in [0, 0.05) is 11.1 Å². The molecule has 0 atom stereocenters. The molecule has 1 aliphatic rings. The third-order valence-electron chi connectivity index (χ3n) is 3.80. The zero-order chi connectivity index (χ0) is 17.5. The molecule has 0 N–H and O–H groups in total. The second-order valence-corrected chi connectivity index (χ2v) is 7.71. The van der Waals surface area contributed by atoms with Crippen molar-refractivity contribution >= 4 is 21.4 Å². The largest absolute Gasteiger partial charge is 0.457 e. The number of sulfone groups is 1. The molecule has 3 nitrogen and oxygen atoms in total. The van der Waals surface area contributed by atoms with Gasteiger partial charge >= 0.3 is 5.76 Å². The number of halogens is 4. The average molecular weight is 377 g/mol. The summed E-state index contributed by atoms with van der Waals surface area (Å²) in [5.74, 6) is -3.59. The Morgan fingerprint density at radius 3 is 2.46 bits per heavy atom. The first-order valence-electron chi connectivity index (χ1n) is 7.10. The monoisotopic (exact) mass is 376 g/mol. The third-order valence-corrected chi connectivity index (χ3v) is 5.49. The molecule has 0 aliphatic heterocycles. The molecule has 128 valence electrons. The van der Waals surface area contributed by atoms with Crippen LogP contribution in [0.15, 0.2) is 35.2 Å². The van der Waals surface area contributed by atoms with Crippen molar-refractivity contribution in [1.29, 1.82) is 0 Å². The van der Waals surface area contributed by atoms with Crippen LogP contribution in [-0.2, 0) is 22.7 Å². The summed E-state index contributed by atoms with van der Waals surface area (Å²) in [4.78, 5) is -0.366. The van der Waals surface area contributed by atoms with Crippen LogP contribution in [0.5, 0.6) is 11.5 Å². The van der Waals surface area contributed by atoms with Crippen molar-refractivity contribution in [3.8, 4) is 11.5 Å². The summed E-state index contributed by atoms with van der Waals surface area (Å²) in [6.45, 7) is 0. The summed E-state index contributed by atoms with van der Waals surface area (Å²) in [6.07, 6.45) is 1.50. The first kappa shape index (κ1) is 17.1. The maximum atomic E-state index is 13.4. The van der Waals surface area contributed by atoms with Crippen molar-refractivity contribution < 1.29 is 26.3 Å². The van der Waals surface area contributed by atoms with E-state index in [1.807, 2.05) is 0 Å². The molecule has 0 fully saturated rings. The van der Waals surface area contributed by atoms with E-state index in [1.54, 1.807) is 0 Å². The minimum atomic E-state index is -4.68. The van der Waals surface area contributed by atoms with Gasteiger partial charge in [-0.25, -0.2) is 12.8 Å². The molecule has 24 heavy (non-hydrogen) atoms. The van der Waals surface area contributed by atoms with Gasteiger partial charge in [0.15, 0.2) is 0 Å². The van der Waals surface area contributed by atoms with Crippen molar-refractivity contribution in [3.05, 3.63) is 52.3 Å². The highest BCUT2D eigenvalue weighted by molar-refractivity contribution is 7.91. The molecule has 0 aromatic heterocycles. The molecule has 2 aromatic rings. The van der Waals surface area contributed by atoms with E-state index in [9.17, 15) is 21.6 Å². The van der Waals surface area contributed by atoms with E-state index >= 15 is 0 Å². The van der Waals surface area contributed by atoms with Gasteiger partial charge in [0.25, 0.3) is 0 Å². The second kappa shape index (κ2) is 6.29. The van der Waals surface area contributed by atoms with Crippen LogP contribution in [0.25, 0.3) is 0 Å². The minimum absolute atomic E-state index is 0.151. The fourth-order valence-electron chi connectivity index (χ4n) is 2.81. The van der Waals surface area contributed by atoms with Crippen molar-refractivity contribution in [1.82, 2.24) is 0 Å². The van der Waals surface area contributed by atoms with Gasteiger partial charge in [0.05, 0.1) is 4.90 Å². The minimum Gasteiger partial charge on any atom is -0.457 e. The predicted octanol–water partition coefficient (Wildman–Crippen LogP) is 4.76. The molecule has 0 amide bonds. The average Bonchev–Trinajstić information content (AvgIpc) is 2.95. The Bertz CT molecular complexity index is 877. The highest BCUT2D eigenvalue weighted by Gasteiger charge is 2.32. The SMILES string of the molecule is O=S(=O)(c1ccc(Oc2cc(F)cc(Cl)c2)c2c1CCC2)C(F)F. The maximum absolute atomic E-state index is 13.4. The van der Waals surface area contributed by atoms with Crippen molar-refractivity contribution in [2.75, 3.05) is 0 Å². The highest BCUT2D eigenvalue weighted by atomic mass is 35.5. The first-order chi connectivity index (χ1) is 11.3. The number of fused-ring (bicyclic) bond motifs is 1. The fraction of sp³-hybridized carbons (Fsp3) is 0.250. The van der Waals surface area contributed by atoms with Gasteiger partial charge in [-0.05, 0) is 54.7 Å². The van der Waals surface area contributed by atoms with Gasteiger partial charge in [-0.1, -0.05) is 11.6 Å². The first-order valence-corrected chi connectivity index (χ1v) is 9.02. The molecular formula is C16H12ClF3O3S. The Balaban J connectivity index is 2.04. The van der Waals surface area contributed by atoms with Crippen LogP contribution < -0.4 is 4.74 Å². The Labute approximate surface area is 141 Å². The van der Waals surface area contributed by atoms with Crippen molar-refractivity contribution in [2.45, 2.75) is 29.9 Å². The quantitative estimate of drug-likeness (QED) is 0.773. The van der Waals surface area contributed by atoms with E-state index in [4.69, 9.17) is 16.3 Å². The lowest BCUT2D eigenvalue weighted by Crippen LogP contribution is -2.14. The normalized spacial score (nSPS) is 14.0. The number of rotatable bonds is 4. The molecule has 0 unspecified atom stereocenters. The maximum Gasteiger partial charge on any atom is 0.341 e. The summed E-state index contributed by atoms with van der Waals surface area (Å²) >= 11 is 5.77. The van der Waals surface area contributed by atoms with Crippen LogP contribution in [0.2, 0.25) is 5.02 Å². The van der Waals surface area contributed by atoms with Crippen molar-refractivity contribution in [3.63, 3.8) is 0 Å². The lowest BCUT2D eigenvalue weighted by molar-refractivity contribution is 0.234. The summed E-state index contributed by atoms with van der Waals surface area (Å²) < 4.78 is 68.2. The van der Waals surface area contributed by atoms with Crippen molar-refractivity contribution in [2.24, 2.45) is 0 Å². The standard InChI is InChI=1S/C16H12ClF3O3S/c17-9-6-10(18)8-11(7-9)23-14-4-5-15(24(21,22)16(19)20)13-3-1-2-12(13)14/h4-8,16H,1-3H2. The van der Waals surface area contributed by atoms with Gasteiger partial charge in [-0.15, -0.1) is 0 Å². The molecule has 0 radical (unpaired) electrons. The number of hydrogen-bond acceptors (Lipinski definition) is 3. The Hall–Kier alpha value is -1.73. The van der Waals surface area contributed by atoms with Gasteiger partial charge < -0.3 is 4.74 Å². The zero-order valence-electron chi connectivity index (χ0n) is 12.2. The molecule has 0 heterocycles. The van der Waals surface area contributed by atoms with E-state index in [0.29, 0.717) is 36.1 Å². The lowest BCUT2D eigenvalue weighted by atomic mass is 10.1. The Morgan fingerprint density at radius 1 is 1.08 bits per heavy atom. The summed E-state index contributed by atoms with van der Waals surface area (Å²) in [5.41, 5.74) is 0.896. The van der Waals surface area contributed by atoms with Crippen LogP contribution in [-0.4, -0.2) is 14.2 Å². The molecular weight excluding hydrogens is 365 g/mol. The van der Waals surface area contributed by atoms with Gasteiger partial charge in [0.2, 0.25) is 9.84 Å². The fourth-order valence-corrected chi connectivity index (χ4v) is 4.04. The highest BCUT2D eigenvalue weighted by Crippen LogP contribution is 2.39. The Kier molecular flexibility index (Phi) is 4.48. The second-order valence-electron chi connectivity index (χ2n) is 5.39. The van der Waals surface area contributed by atoms with Gasteiger partial charge in [-0.2, -0.15) is 8.78 Å². The number of benzene rings is 2. The van der Waals surface area contributed by atoms with E-state index in [1.165, 1.54) is 12.1 Å². The van der Waals surface area contributed by atoms with E-state index in [0.717, 1.165) is 18.2 Å². The van der Waals surface area contributed by atoms with Gasteiger partial charge in [-0.3, -0.25) is 0 Å². The summed E-state index contributed by atoms with van der Waals surface area (Å²) in [6, 6.07) is 6.10. The van der Waals surface area contributed by atoms with E-state index in [-0.39, 0.29) is 15.7 Å². The molecule has 2 aromatic carbocycles. The molecule has 0 spiro atoms. The summed E-state index contributed by atoms with van der Waals surface area (Å²) in [5, 5.41) is 0.151. The lowest BCUT2D eigenvalue weighted by Gasteiger charge is -2.14. The van der Waals surface area contributed by atoms with Crippen LogP contribution in [0.4, 0.5) is 13.2 Å². The Morgan fingerprint density at radius 2 is 1.79 bits per heavy atom. The number of alkyl halides is 2. The molecule has 0 saturated carbocycles. The van der Waals surface area contributed by atoms with Crippen LogP contribution in [0, 0.1) is 5.82 Å². The molecule has 3 rings (SSSR count). The third kappa shape index (κ3) is 3.10. The number of ether oxygens (including phenoxy) is 1. The molecule has 0 saturated heterocycles. The number of hydrogen-bond donors (Lipinski definition) is 0. The van der Waals surface area contributed by atoms with Crippen LogP contribution in [0.3, 0.4) is 0 Å². The van der Waals surface area contributed by atoms with Crippen LogP contribution in [0.1, 0.15) is 17.5 Å².